The zero-order valence-corrected chi connectivity index (χ0v) is 11.5. The van der Waals surface area contributed by atoms with Gasteiger partial charge in [0.25, 0.3) is 0 Å². The van der Waals surface area contributed by atoms with Crippen LogP contribution in [0.15, 0.2) is 30.5 Å². The summed E-state index contributed by atoms with van der Waals surface area (Å²) in [6.45, 7) is 2.53. The number of nitrogens with zero attached hydrogens (tertiary/aromatic N) is 3. The summed E-state index contributed by atoms with van der Waals surface area (Å²) in [7, 11) is 4.02. The minimum atomic E-state index is 0.496. The van der Waals surface area contributed by atoms with Crippen LogP contribution in [0.4, 0.5) is 0 Å². The van der Waals surface area contributed by atoms with Crippen molar-refractivity contribution in [3.63, 3.8) is 0 Å². The van der Waals surface area contributed by atoms with Crippen molar-refractivity contribution in [3.8, 4) is 11.1 Å². The summed E-state index contributed by atoms with van der Waals surface area (Å²) in [6.07, 6.45) is 2.16. The third kappa shape index (κ3) is 1.68. The Hall–Kier alpha value is -2.07. The lowest BCUT2D eigenvalue weighted by Crippen LogP contribution is -2.05. The second-order valence-electron chi connectivity index (χ2n) is 4.91. The van der Waals surface area contributed by atoms with Gasteiger partial charge < -0.3 is 10.3 Å². The monoisotopic (exact) mass is 254 g/mol. The smallest absolute Gasteiger partial charge is 0.0676 e. The van der Waals surface area contributed by atoms with Crippen LogP contribution in [0.2, 0.25) is 0 Å². The average molecular weight is 254 g/mol. The molecule has 0 bridgehead atoms. The minimum Gasteiger partial charge on any atom is -0.350 e. The van der Waals surface area contributed by atoms with E-state index in [-0.39, 0.29) is 0 Å². The molecule has 0 atom stereocenters. The van der Waals surface area contributed by atoms with Crippen molar-refractivity contribution in [2.45, 2.75) is 13.5 Å². The number of hydrogen-bond donors (Lipinski definition) is 1. The Labute approximate surface area is 112 Å². The van der Waals surface area contributed by atoms with E-state index in [0.717, 1.165) is 11.4 Å². The van der Waals surface area contributed by atoms with Gasteiger partial charge in [-0.1, -0.05) is 18.2 Å². The molecule has 0 aliphatic heterocycles. The topological polar surface area (TPSA) is 48.8 Å². The van der Waals surface area contributed by atoms with Gasteiger partial charge in [0, 0.05) is 48.9 Å². The quantitative estimate of drug-likeness (QED) is 0.763. The first-order valence-electron chi connectivity index (χ1n) is 6.40. The number of fused-ring (bicyclic) bond motifs is 1. The highest BCUT2D eigenvalue weighted by Crippen LogP contribution is 2.34. The summed E-state index contributed by atoms with van der Waals surface area (Å²) in [4.78, 5) is 0. The van der Waals surface area contributed by atoms with Crippen LogP contribution < -0.4 is 5.73 Å². The first kappa shape index (κ1) is 12.0. The zero-order chi connectivity index (χ0) is 13.6. The second kappa shape index (κ2) is 4.24. The number of benzene rings is 1. The maximum atomic E-state index is 5.89. The van der Waals surface area contributed by atoms with Crippen LogP contribution in [0.25, 0.3) is 22.0 Å². The van der Waals surface area contributed by atoms with Crippen molar-refractivity contribution < 1.29 is 0 Å². The van der Waals surface area contributed by atoms with Crippen LogP contribution in [0, 0.1) is 6.92 Å². The third-order valence-electron chi connectivity index (χ3n) is 3.70. The molecule has 1 aromatic carbocycles. The van der Waals surface area contributed by atoms with Gasteiger partial charge in [0.2, 0.25) is 0 Å². The second-order valence-corrected chi connectivity index (χ2v) is 4.91. The number of rotatable bonds is 2. The van der Waals surface area contributed by atoms with E-state index < -0.39 is 0 Å². The van der Waals surface area contributed by atoms with E-state index in [1.54, 1.807) is 0 Å². The molecular weight excluding hydrogens is 236 g/mol. The van der Waals surface area contributed by atoms with Crippen LogP contribution in [-0.2, 0) is 20.6 Å². The number of hydrogen-bond acceptors (Lipinski definition) is 2. The standard InChI is InChI=1S/C15H18N4/c1-10-15(14(8-16)19(3)17-10)12-9-18(2)13-7-5-4-6-11(12)13/h4-7,9H,8,16H2,1-3H3. The molecule has 3 rings (SSSR count). The van der Waals surface area contributed by atoms with Crippen molar-refractivity contribution >= 4 is 10.9 Å². The Balaban J connectivity index is 2.37. The lowest BCUT2D eigenvalue weighted by molar-refractivity contribution is 0.706. The van der Waals surface area contributed by atoms with E-state index in [2.05, 4.69) is 47.2 Å². The number of nitrogens with two attached hydrogens (primary N) is 1. The Morgan fingerprint density at radius 1 is 1.21 bits per heavy atom. The largest absolute Gasteiger partial charge is 0.350 e. The number of para-hydroxylation sites is 1. The number of aryl methyl sites for hydroxylation is 3. The average Bonchev–Trinajstić information content (AvgIpc) is 2.87. The minimum absolute atomic E-state index is 0.496. The molecule has 0 unspecified atom stereocenters. The molecule has 0 saturated heterocycles. The van der Waals surface area contributed by atoms with Gasteiger partial charge in [-0.2, -0.15) is 5.10 Å². The molecule has 4 heteroatoms. The fraction of sp³-hybridized carbons (Fsp3) is 0.267. The highest BCUT2D eigenvalue weighted by molar-refractivity contribution is 5.97. The van der Waals surface area contributed by atoms with Crippen LogP contribution in [0.1, 0.15) is 11.4 Å². The summed E-state index contributed by atoms with van der Waals surface area (Å²) in [5, 5.41) is 5.75. The number of aromatic nitrogens is 3. The Morgan fingerprint density at radius 3 is 2.68 bits per heavy atom. The zero-order valence-electron chi connectivity index (χ0n) is 11.5. The summed E-state index contributed by atoms with van der Waals surface area (Å²) in [5.41, 5.74) is 11.6. The SMILES string of the molecule is Cc1nn(C)c(CN)c1-c1cn(C)c2ccccc12. The van der Waals surface area contributed by atoms with Gasteiger partial charge in [-0.3, -0.25) is 4.68 Å². The molecule has 0 aliphatic rings. The van der Waals surface area contributed by atoms with Gasteiger partial charge in [0.1, 0.15) is 0 Å². The van der Waals surface area contributed by atoms with Crippen molar-refractivity contribution in [1.82, 2.24) is 14.3 Å². The van der Waals surface area contributed by atoms with Crippen molar-refractivity contribution in [2.24, 2.45) is 19.8 Å². The maximum Gasteiger partial charge on any atom is 0.0676 e. The molecular formula is C15H18N4. The molecule has 4 nitrogen and oxygen atoms in total. The van der Waals surface area contributed by atoms with Crippen LogP contribution >= 0.6 is 0 Å². The van der Waals surface area contributed by atoms with E-state index in [9.17, 15) is 0 Å². The summed E-state index contributed by atoms with van der Waals surface area (Å²) < 4.78 is 4.03. The van der Waals surface area contributed by atoms with E-state index >= 15 is 0 Å². The van der Waals surface area contributed by atoms with Crippen LogP contribution in [0.3, 0.4) is 0 Å². The molecule has 2 heterocycles. The van der Waals surface area contributed by atoms with E-state index in [1.165, 1.54) is 22.0 Å². The van der Waals surface area contributed by atoms with Gasteiger partial charge >= 0.3 is 0 Å². The molecule has 19 heavy (non-hydrogen) atoms. The van der Waals surface area contributed by atoms with Crippen LogP contribution in [0.5, 0.6) is 0 Å². The van der Waals surface area contributed by atoms with E-state index in [0.29, 0.717) is 6.54 Å². The summed E-state index contributed by atoms with van der Waals surface area (Å²) in [5.74, 6) is 0. The summed E-state index contributed by atoms with van der Waals surface area (Å²) >= 11 is 0. The summed E-state index contributed by atoms with van der Waals surface area (Å²) in [6, 6.07) is 8.41. The Morgan fingerprint density at radius 2 is 1.95 bits per heavy atom. The first-order chi connectivity index (χ1) is 9.13. The molecule has 0 saturated carbocycles. The predicted molar refractivity (Wildman–Crippen MR) is 77.7 cm³/mol. The molecule has 2 aromatic heterocycles. The molecule has 3 aromatic rings. The van der Waals surface area contributed by atoms with Gasteiger partial charge in [0.15, 0.2) is 0 Å². The van der Waals surface area contributed by atoms with E-state index in [1.807, 2.05) is 18.7 Å². The molecule has 0 amide bonds. The molecule has 0 spiro atoms. The normalized spacial score (nSPS) is 11.4. The highest BCUT2D eigenvalue weighted by Gasteiger charge is 2.17. The first-order valence-corrected chi connectivity index (χ1v) is 6.40. The lowest BCUT2D eigenvalue weighted by atomic mass is 10.0. The van der Waals surface area contributed by atoms with Gasteiger partial charge in [-0.15, -0.1) is 0 Å². The van der Waals surface area contributed by atoms with Crippen molar-refractivity contribution in [3.05, 3.63) is 41.9 Å². The van der Waals surface area contributed by atoms with E-state index in [4.69, 9.17) is 5.73 Å². The third-order valence-corrected chi connectivity index (χ3v) is 3.70. The van der Waals surface area contributed by atoms with Gasteiger partial charge in [-0.25, -0.2) is 0 Å². The molecule has 0 radical (unpaired) electrons. The molecule has 98 valence electrons. The predicted octanol–water partition coefficient (Wildman–Crippen LogP) is 2.35. The fourth-order valence-corrected chi connectivity index (χ4v) is 2.83. The van der Waals surface area contributed by atoms with Gasteiger partial charge in [-0.05, 0) is 13.0 Å². The van der Waals surface area contributed by atoms with Crippen LogP contribution in [-0.4, -0.2) is 14.3 Å². The van der Waals surface area contributed by atoms with Crippen molar-refractivity contribution in [2.75, 3.05) is 0 Å². The fourth-order valence-electron chi connectivity index (χ4n) is 2.83. The van der Waals surface area contributed by atoms with Gasteiger partial charge in [0.05, 0.1) is 11.4 Å². The van der Waals surface area contributed by atoms with Crippen molar-refractivity contribution in [1.29, 1.82) is 0 Å². The molecule has 0 aliphatic carbocycles. The lowest BCUT2D eigenvalue weighted by Gasteiger charge is -2.03. The Kier molecular flexibility index (Phi) is 2.68. The Bertz CT molecular complexity index is 749. The molecule has 0 fully saturated rings. The highest BCUT2D eigenvalue weighted by atomic mass is 15.3. The maximum absolute atomic E-state index is 5.89. The molecule has 2 N–H and O–H groups in total.